The van der Waals surface area contributed by atoms with E-state index in [1.807, 2.05) is 12.1 Å². The molecule has 2 aromatic carbocycles. The number of nitrogen functional groups attached to an aromatic ring is 1. The van der Waals surface area contributed by atoms with Crippen LogP contribution in [0.25, 0.3) is 0 Å². The summed E-state index contributed by atoms with van der Waals surface area (Å²) in [5, 5.41) is 13.5. The maximum absolute atomic E-state index is 14.0. The van der Waals surface area contributed by atoms with Crippen molar-refractivity contribution in [3.05, 3.63) is 63.2 Å². The molecule has 3 rings (SSSR count). The molecule has 0 heterocycles. The van der Waals surface area contributed by atoms with Crippen molar-refractivity contribution in [3.63, 3.8) is 0 Å². The Kier molecular flexibility index (Phi) is 3.85. The van der Waals surface area contributed by atoms with Crippen LogP contribution in [0, 0.1) is 21.7 Å². The van der Waals surface area contributed by atoms with Gasteiger partial charge in [-0.25, -0.2) is 8.78 Å². The Morgan fingerprint density at radius 3 is 2.57 bits per heavy atom. The first-order valence-corrected chi connectivity index (χ1v) is 7.24. The lowest BCUT2D eigenvalue weighted by Gasteiger charge is -2.27. The van der Waals surface area contributed by atoms with Gasteiger partial charge in [-0.1, -0.05) is 6.07 Å². The molecule has 1 aliphatic rings. The maximum Gasteiger partial charge on any atom is 0.275 e. The molecule has 0 spiro atoms. The standard InChI is InChI=1S/C16H15F2N3O2/c17-13-7-11(21(22)23)8-14(18)16(13)20-15-3-1-2-9-6-10(19)4-5-12(9)15/h4-8,15,20H,1-3,19H2. The average molecular weight is 319 g/mol. The smallest absolute Gasteiger partial charge is 0.275 e. The summed E-state index contributed by atoms with van der Waals surface area (Å²) in [5.74, 6) is -1.95. The lowest BCUT2D eigenvalue weighted by atomic mass is 9.87. The normalized spacial score (nSPS) is 16.7. The van der Waals surface area contributed by atoms with E-state index >= 15 is 0 Å². The lowest BCUT2D eigenvalue weighted by molar-refractivity contribution is -0.385. The highest BCUT2D eigenvalue weighted by atomic mass is 19.1. The molecule has 0 amide bonds. The molecule has 0 fully saturated rings. The maximum atomic E-state index is 14.0. The molecule has 120 valence electrons. The molecule has 0 saturated heterocycles. The number of anilines is 2. The Labute approximate surface area is 131 Å². The van der Waals surface area contributed by atoms with Gasteiger partial charge in [-0.3, -0.25) is 10.1 Å². The summed E-state index contributed by atoms with van der Waals surface area (Å²) in [6, 6.07) is 6.65. The second-order valence-corrected chi connectivity index (χ2v) is 5.59. The molecule has 5 nitrogen and oxygen atoms in total. The lowest BCUT2D eigenvalue weighted by Crippen LogP contribution is -2.19. The zero-order chi connectivity index (χ0) is 16.6. The molecule has 1 unspecified atom stereocenters. The molecule has 3 N–H and O–H groups in total. The van der Waals surface area contributed by atoms with E-state index in [4.69, 9.17) is 5.73 Å². The van der Waals surface area contributed by atoms with Gasteiger partial charge in [-0.2, -0.15) is 0 Å². The van der Waals surface area contributed by atoms with Crippen molar-refractivity contribution in [2.75, 3.05) is 11.1 Å². The van der Waals surface area contributed by atoms with E-state index < -0.39 is 22.2 Å². The summed E-state index contributed by atoms with van der Waals surface area (Å²) in [7, 11) is 0. The molecular formula is C16H15F2N3O2. The van der Waals surface area contributed by atoms with E-state index in [0.29, 0.717) is 12.1 Å². The van der Waals surface area contributed by atoms with E-state index in [2.05, 4.69) is 5.32 Å². The molecule has 1 atom stereocenters. The number of nitrogens with one attached hydrogen (secondary N) is 1. The number of nitro groups is 1. The minimum absolute atomic E-state index is 0.259. The highest BCUT2D eigenvalue weighted by Gasteiger charge is 2.24. The third-order valence-corrected chi connectivity index (χ3v) is 4.04. The van der Waals surface area contributed by atoms with Crippen LogP contribution in [0.3, 0.4) is 0 Å². The predicted octanol–water partition coefficient (Wildman–Crippen LogP) is 3.94. The summed E-state index contributed by atoms with van der Waals surface area (Å²) in [4.78, 5) is 9.82. The summed E-state index contributed by atoms with van der Waals surface area (Å²) >= 11 is 0. The largest absolute Gasteiger partial charge is 0.399 e. The van der Waals surface area contributed by atoms with E-state index in [9.17, 15) is 18.9 Å². The summed E-state index contributed by atoms with van der Waals surface area (Å²) in [6.07, 6.45) is 2.45. The first-order valence-electron chi connectivity index (χ1n) is 7.24. The predicted molar refractivity (Wildman–Crippen MR) is 83.2 cm³/mol. The van der Waals surface area contributed by atoms with Crippen molar-refractivity contribution in [1.29, 1.82) is 0 Å². The zero-order valence-corrected chi connectivity index (χ0v) is 12.2. The number of nitrogens with zero attached hydrogens (tertiary/aromatic N) is 1. The molecular weight excluding hydrogens is 304 g/mol. The van der Waals surface area contributed by atoms with Gasteiger partial charge in [0.15, 0.2) is 11.6 Å². The molecule has 1 aliphatic carbocycles. The van der Waals surface area contributed by atoms with Crippen molar-refractivity contribution in [1.82, 2.24) is 0 Å². The van der Waals surface area contributed by atoms with Crippen LogP contribution < -0.4 is 11.1 Å². The molecule has 0 aliphatic heterocycles. The number of fused-ring (bicyclic) bond motifs is 1. The number of rotatable bonds is 3. The Hall–Kier alpha value is -2.70. The van der Waals surface area contributed by atoms with Crippen LogP contribution >= 0.6 is 0 Å². The van der Waals surface area contributed by atoms with Crippen LogP contribution in [0.1, 0.15) is 30.0 Å². The van der Waals surface area contributed by atoms with Gasteiger partial charge >= 0.3 is 0 Å². The van der Waals surface area contributed by atoms with Crippen LogP contribution in [0.15, 0.2) is 30.3 Å². The van der Waals surface area contributed by atoms with Gasteiger partial charge in [-0.15, -0.1) is 0 Å². The number of benzene rings is 2. The van der Waals surface area contributed by atoms with Crippen LogP contribution in [-0.4, -0.2) is 4.92 Å². The van der Waals surface area contributed by atoms with Gasteiger partial charge < -0.3 is 11.1 Å². The van der Waals surface area contributed by atoms with Gasteiger partial charge in [0.05, 0.1) is 23.1 Å². The Morgan fingerprint density at radius 2 is 1.91 bits per heavy atom. The molecule has 23 heavy (non-hydrogen) atoms. The van der Waals surface area contributed by atoms with Crippen LogP contribution in [-0.2, 0) is 6.42 Å². The molecule has 2 aromatic rings. The topological polar surface area (TPSA) is 81.2 Å². The fraction of sp³-hybridized carbons (Fsp3) is 0.250. The molecule has 0 bridgehead atoms. The van der Waals surface area contributed by atoms with Crippen molar-refractivity contribution in [3.8, 4) is 0 Å². The van der Waals surface area contributed by atoms with E-state index in [-0.39, 0.29) is 11.7 Å². The van der Waals surface area contributed by atoms with E-state index in [0.717, 1.165) is 36.1 Å². The number of nitro benzene ring substituents is 1. The summed E-state index contributed by atoms with van der Waals surface area (Å²) < 4.78 is 28.1. The van der Waals surface area contributed by atoms with Crippen molar-refractivity contribution < 1.29 is 13.7 Å². The Balaban J connectivity index is 1.94. The average Bonchev–Trinajstić information content (AvgIpc) is 2.50. The summed E-state index contributed by atoms with van der Waals surface area (Å²) in [5.41, 5.74) is 7.47. The van der Waals surface area contributed by atoms with Crippen molar-refractivity contribution in [2.24, 2.45) is 0 Å². The first kappa shape index (κ1) is 15.2. The molecule has 7 heteroatoms. The summed E-state index contributed by atoms with van der Waals surface area (Å²) in [6.45, 7) is 0. The SMILES string of the molecule is Nc1ccc2c(c1)CCCC2Nc1c(F)cc([N+](=O)[O-])cc1F. The van der Waals surface area contributed by atoms with Gasteiger partial charge in [0, 0.05) is 5.69 Å². The van der Waals surface area contributed by atoms with Crippen LogP contribution in [0.2, 0.25) is 0 Å². The molecule has 0 radical (unpaired) electrons. The van der Waals surface area contributed by atoms with Gasteiger partial charge in [0.2, 0.25) is 0 Å². The molecule has 0 aromatic heterocycles. The van der Waals surface area contributed by atoms with E-state index in [1.54, 1.807) is 6.07 Å². The van der Waals surface area contributed by atoms with E-state index in [1.165, 1.54) is 0 Å². The van der Waals surface area contributed by atoms with Crippen molar-refractivity contribution in [2.45, 2.75) is 25.3 Å². The van der Waals surface area contributed by atoms with Gasteiger partial charge in [0.25, 0.3) is 5.69 Å². The van der Waals surface area contributed by atoms with Gasteiger partial charge in [0.1, 0.15) is 5.69 Å². The first-order chi connectivity index (χ1) is 11.0. The van der Waals surface area contributed by atoms with Crippen molar-refractivity contribution >= 4 is 17.1 Å². The number of nitrogens with two attached hydrogens (primary N) is 1. The number of non-ortho nitro benzene ring substituents is 1. The van der Waals surface area contributed by atoms with Gasteiger partial charge in [-0.05, 0) is 42.5 Å². The number of hydrogen-bond donors (Lipinski definition) is 2. The minimum atomic E-state index is -0.973. The highest BCUT2D eigenvalue weighted by Crippen LogP contribution is 2.35. The Morgan fingerprint density at radius 1 is 1.22 bits per heavy atom. The Bertz CT molecular complexity index is 757. The van der Waals surface area contributed by atoms with Crippen LogP contribution in [0.4, 0.5) is 25.8 Å². The number of hydrogen-bond acceptors (Lipinski definition) is 4. The minimum Gasteiger partial charge on any atom is -0.399 e. The number of halogens is 2. The van der Waals surface area contributed by atoms with Crippen LogP contribution in [0.5, 0.6) is 0 Å². The zero-order valence-electron chi connectivity index (χ0n) is 12.2. The fourth-order valence-corrected chi connectivity index (χ4v) is 2.96. The monoisotopic (exact) mass is 319 g/mol. The second-order valence-electron chi connectivity index (χ2n) is 5.59. The fourth-order valence-electron chi connectivity index (χ4n) is 2.96. The third-order valence-electron chi connectivity index (χ3n) is 4.04. The highest BCUT2D eigenvalue weighted by molar-refractivity contribution is 5.55. The third kappa shape index (κ3) is 2.94. The number of aryl methyl sites for hydroxylation is 1. The second kappa shape index (κ2) is 5.83. The quantitative estimate of drug-likeness (QED) is 0.510. The molecule has 0 saturated carbocycles.